The number of aromatic nitrogens is 2. The van der Waals surface area contributed by atoms with Gasteiger partial charge in [-0.1, -0.05) is 36.4 Å². The molecule has 0 radical (unpaired) electrons. The van der Waals surface area contributed by atoms with Crippen LogP contribution in [0.25, 0.3) is 5.69 Å². The molecule has 1 aliphatic rings. The van der Waals surface area contributed by atoms with Crippen LogP contribution >= 0.6 is 12.2 Å². The van der Waals surface area contributed by atoms with Gasteiger partial charge >= 0.3 is 0 Å². The Morgan fingerprint density at radius 3 is 2.36 bits per heavy atom. The minimum Gasteiger partial charge on any atom is -0.378 e. The van der Waals surface area contributed by atoms with Gasteiger partial charge in [0.25, 0.3) is 0 Å². The number of hydrogen-bond donors (Lipinski definition) is 1. The number of anilines is 1. The molecular weight excluding hydrogens is 426 g/mol. The summed E-state index contributed by atoms with van der Waals surface area (Å²) < 4.78 is 2.26. The first-order chi connectivity index (χ1) is 16.1. The molecule has 2 aromatic carbocycles. The molecule has 4 aromatic rings. The molecule has 3 heterocycles. The highest BCUT2D eigenvalue weighted by atomic mass is 32.1. The third-order valence-corrected chi connectivity index (χ3v) is 6.47. The molecule has 2 aromatic heterocycles. The zero-order valence-corrected chi connectivity index (χ0v) is 19.6. The van der Waals surface area contributed by atoms with Crippen LogP contribution in [-0.2, 0) is 6.54 Å². The highest BCUT2D eigenvalue weighted by Crippen LogP contribution is 2.40. The van der Waals surface area contributed by atoms with Gasteiger partial charge in [0.1, 0.15) is 0 Å². The maximum absolute atomic E-state index is 5.85. The second kappa shape index (κ2) is 9.08. The number of pyridine rings is 1. The van der Waals surface area contributed by atoms with Gasteiger partial charge in [0.2, 0.25) is 0 Å². The van der Waals surface area contributed by atoms with E-state index >= 15 is 0 Å². The van der Waals surface area contributed by atoms with Crippen LogP contribution in [0.5, 0.6) is 0 Å². The van der Waals surface area contributed by atoms with Crippen LogP contribution in [0, 0.1) is 0 Å². The van der Waals surface area contributed by atoms with Gasteiger partial charge in [0.05, 0.1) is 17.8 Å². The van der Waals surface area contributed by atoms with E-state index in [9.17, 15) is 0 Å². The topological polar surface area (TPSA) is 36.3 Å². The molecule has 2 atom stereocenters. The van der Waals surface area contributed by atoms with Crippen molar-refractivity contribution in [2.24, 2.45) is 0 Å². The average molecular weight is 454 g/mol. The van der Waals surface area contributed by atoms with Gasteiger partial charge in [-0.3, -0.25) is 4.98 Å². The molecule has 5 rings (SSSR count). The van der Waals surface area contributed by atoms with E-state index in [1.54, 1.807) is 0 Å². The van der Waals surface area contributed by atoms with E-state index in [0.29, 0.717) is 0 Å². The lowest BCUT2D eigenvalue weighted by Gasteiger charge is -2.29. The van der Waals surface area contributed by atoms with E-state index in [-0.39, 0.29) is 12.1 Å². The van der Waals surface area contributed by atoms with Gasteiger partial charge in [-0.25, -0.2) is 0 Å². The minimum atomic E-state index is -0.0443. The number of nitrogens with one attached hydrogen (secondary N) is 1. The van der Waals surface area contributed by atoms with Crippen molar-refractivity contribution in [1.29, 1.82) is 0 Å². The fraction of sp³-hybridized carbons (Fsp3) is 0.185. The Morgan fingerprint density at radius 1 is 0.909 bits per heavy atom. The summed E-state index contributed by atoms with van der Waals surface area (Å²) in [6.45, 7) is 0.728. The van der Waals surface area contributed by atoms with Crippen LogP contribution in [0.15, 0.2) is 97.3 Å². The van der Waals surface area contributed by atoms with Crippen molar-refractivity contribution in [3.8, 4) is 5.69 Å². The molecule has 0 amide bonds. The molecule has 5 nitrogen and oxygen atoms in total. The Kier molecular flexibility index (Phi) is 5.84. The van der Waals surface area contributed by atoms with Gasteiger partial charge < -0.3 is 19.7 Å². The van der Waals surface area contributed by atoms with E-state index in [4.69, 9.17) is 12.2 Å². The Balaban J connectivity index is 1.57. The summed E-state index contributed by atoms with van der Waals surface area (Å²) in [4.78, 5) is 9.06. The second-order valence-electron chi connectivity index (χ2n) is 8.45. The normalized spacial score (nSPS) is 17.8. The summed E-state index contributed by atoms with van der Waals surface area (Å²) in [5.74, 6) is 0. The fourth-order valence-corrected chi connectivity index (χ4v) is 4.76. The van der Waals surface area contributed by atoms with Gasteiger partial charge in [-0.2, -0.15) is 0 Å². The molecular formula is C27H27N5S. The van der Waals surface area contributed by atoms with Crippen molar-refractivity contribution < 1.29 is 0 Å². The summed E-state index contributed by atoms with van der Waals surface area (Å²) in [6.07, 6.45) is 3.97. The van der Waals surface area contributed by atoms with Crippen molar-refractivity contribution in [3.63, 3.8) is 0 Å². The van der Waals surface area contributed by atoms with Crippen LogP contribution in [0.2, 0.25) is 0 Å². The van der Waals surface area contributed by atoms with Gasteiger partial charge in [-0.05, 0) is 66.3 Å². The van der Waals surface area contributed by atoms with Crippen molar-refractivity contribution in [3.05, 3.63) is 114 Å². The number of hydrogen-bond acceptors (Lipinski definition) is 3. The third kappa shape index (κ3) is 4.22. The smallest absolute Gasteiger partial charge is 0.170 e. The quantitative estimate of drug-likeness (QED) is 0.411. The Morgan fingerprint density at radius 2 is 1.67 bits per heavy atom. The van der Waals surface area contributed by atoms with Crippen molar-refractivity contribution in [1.82, 2.24) is 19.8 Å². The number of benzene rings is 2. The molecule has 1 N–H and O–H groups in total. The van der Waals surface area contributed by atoms with Crippen LogP contribution in [-0.4, -0.2) is 33.7 Å². The molecule has 0 unspecified atom stereocenters. The Labute approximate surface area is 200 Å². The molecule has 6 heteroatoms. The van der Waals surface area contributed by atoms with Gasteiger partial charge in [-0.15, -0.1) is 0 Å². The zero-order valence-electron chi connectivity index (χ0n) is 18.8. The first kappa shape index (κ1) is 21.2. The molecule has 33 heavy (non-hydrogen) atoms. The first-order valence-electron chi connectivity index (χ1n) is 11.1. The van der Waals surface area contributed by atoms with Crippen molar-refractivity contribution >= 4 is 23.0 Å². The number of rotatable bonds is 6. The number of nitrogens with zero attached hydrogens (tertiary/aromatic N) is 4. The SMILES string of the molecule is CN(C)c1ccc(-n2cccc2[C@@H]2[C@@H](c3ccccn3)NC(=S)N2Cc2ccccc2)cc1. The average Bonchev–Trinajstić information content (AvgIpc) is 3.45. The largest absolute Gasteiger partial charge is 0.378 e. The lowest BCUT2D eigenvalue weighted by atomic mass is 10.0. The predicted molar refractivity (Wildman–Crippen MR) is 138 cm³/mol. The Bertz CT molecular complexity index is 1220. The summed E-state index contributed by atoms with van der Waals surface area (Å²) in [7, 11) is 4.11. The van der Waals surface area contributed by atoms with Gasteiger partial charge in [0, 0.05) is 50.1 Å². The van der Waals surface area contributed by atoms with Crippen molar-refractivity contribution in [2.45, 2.75) is 18.6 Å². The minimum absolute atomic E-state index is 0.00358. The molecule has 0 saturated carbocycles. The van der Waals surface area contributed by atoms with Gasteiger partial charge in [0.15, 0.2) is 5.11 Å². The first-order valence-corrected chi connectivity index (χ1v) is 11.5. The molecule has 1 fully saturated rings. The summed E-state index contributed by atoms with van der Waals surface area (Å²) >= 11 is 5.85. The van der Waals surface area contributed by atoms with Crippen LogP contribution in [0.1, 0.15) is 29.0 Å². The molecule has 0 aliphatic carbocycles. The van der Waals surface area contributed by atoms with E-state index in [0.717, 1.165) is 23.0 Å². The van der Waals surface area contributed by atoms with Crippen LogP contribution in [0.4, 0.5) is 5.69 Å². The van der Waals surface area contributed by atoms with E-state index in [2.05, 4.69) is 112 Å². The summed E-state index contributed by atoms with van der Waals surface area (Å²) in [6, 6.07) is 29.4. The molecule has 0 bridgehead atoms. The summed E-state index contributed by atoms with van der Waals surface area (Å²) in [5.41, 5.74) is 5.68. The second-order valence-corrected chi connectivity index (χ2v) is 8.84. The van der Waals surface area contributed by atoms with E-state index < -0.39 is 0 Å². The van der Waals surface area contributed by atoms with E-state index in [1.807, 2.05) is 24.4 Å². The highest BCUT2D eigenvalue weighted by Gasteiger charge is 2.41. The standard InChI is InChI=1S/C27H27N5S/c1-30(2)21-13-15-22(16-14-21)31-18-8-12-24(31)26-25(23-11-6-7-17-28-23)29-27(33)32(26)19-20-9-4-3-5-10-20/h3-18,25-26H,19H2,1-2H3,(H,29,33)/t25-,26-/m1/s1. The highest BCUT2D eigenvalue weighted by molar-refractivity contribution is 7.80. The number of thiocarbonyl (C=S) groups is 1. The van der Waals surface area contributed by atoms with Crippen LogP contribution < -0.4 is 10.2 Å². The summed E-state index contributed by atoms with van der Waals surface area (Å²) in [5, 5.41) is 4.30. The zero-order chi connectivity index (χ0) is 22.8. The van der Waals surface area contributed by atoms with Crippen LogP contribution in [0.3, 0.4) is 0 Å². The maximum Gasteiger partial charge on any atom is 0.170 e. The molecule has 1 saturated heterocycles. The Hall–Kier alpha value is -3.64. The molecule has 0 spiro atoms. The monoisotopic (exact) mass is 453 g/mol. The lowest BCUT2D eigenvalue weighted by Crippen LogP contribution is -2.30. The fourth-order valence-electron chi connectivity index (χ4n) is 4.46. The third-order valence-electron chi connectivity index (χ3n) is 6.12. The van der Waals surface area contributed by atoms with E-state index in [1.165, 1.54) is 16.9 Å². The van der Waals surface area contributed by atoms with Crippen molar-refractivity contribution in [2.75, 3.05) is 19.0 Å². The molecule has 1 aliphatic heterocycles. The lowest BCUT2D eigenvalue weighted by molar-refractivity contribution is 0.302. The predicted octanol–water partition coefficient (Wildman–Crippen LogP) is 5.11. The maximum atomic E-state index is 5.85. The molecule has 166 valence electrons.